The minimum atomic E-state index is 0.213. The molecule has 0 radical (unpaired) electrons. The Bertz CT molecular complexity index is 641. The Morgan fingerprint density at radius 2 is 2.00 bits per heavy atom. The van der Waals surface area contributed by atoms with Gasteiger partial charge < -0.3 is 10.5 Å². The molecule has 1 aromatic heterocycles. The molecule has 0 spiro atoms. The first-order valence-corrected chi connectivity index (χ1v) is 6.32. The van der Waals surface area contributed by atoms with Gasteiger partial charge in [-0.05, 0) is 25.0 Å². The number of nitriles is 1. The second-order valence-corrected chi connectivity index (χ2v) is 4.52. The van der Waals surface area contributed by atoms with Crippen molar-refractivity contribution in [1.29, 1.82) is 5.26 Å². The summed E-state index contributed by atoms with van der Waals surface area (Å²) in [6.45, 7) is 4.49. The van der Waals surface area contributed by atoms with Crippen molar-refractivity contribution in [3.63, 3.8) is 0 Å². The number of ether oxygens (including phenoxy) is 1. The molecule has 2 rings (SSSR count). The van der Waals surface area contributed by atoms with Crippen LogP contribution in [-0.4, -0.2) is 16.6 Å². The van der Waals surface area contributed by atoms with Gasteiger partial charge >= 0.3 is 0 Å². The highest BCUT2D eigenvalue weighted by Crippen LogP contribution is 2.22. The first-order valence-electron chi connectivity index (χ1n) is 6.32. The van der Waals surface area contributed by atoms with E-state index in [4.69, 9.17) is 15.7 Å². The number of nitrogens with two attached hydrogens (primary N) is 1. The fourth-order valence-electron chi connectivity index (χ4n) is 1.91. The molecule has 0 bridgehead atoms. The van der Waals surface area contributed by atoms with Gasteiger partial charge in [0.05, 0.1) is 12.8 Å². The lowest BCUT2D eigenvalue weighted by Gasteiger charge is -2.11. The number of nitrogens with zero attached hydrogens (tertiary/aromatic N) is 3. The maximum absolute atomic E-state index is 8.76. The minimum absolute atomic E-state index is 0.213. The van der Waals surface area contributed by atoms with Crippen molar-refractivity contribution in [2.24, 2.45) is 0 Å². The lowest BCUT2D eigenvalue weighted by molar-refractivity contribution is 0.314. The van der Waals surface area contributed by atoms with Crippen molar-refractivity contribution in [3.05, 3.63) is 46.9 Å². The fourth-order valence-corrected chi connectivity index (χ4v) is 1.91. The molecule has 0 amide bonds. The molecule has 102 valence electrons. The molecule has 0 saturated heterocycles. The molecular formula is C15H16N4O. The second kappa shape index (κ2) is 6.02. The third-order valence-electron chi connectivity index (χ3n) is 2.97. The number of anilines is 1. The van der Waals surface area contributed by atoms with E-state index >= 15 is 0 Å². The first-order chi connectivity index (χ1) is 9.61. The average Bonchev–Trinajstić information content (AvgIpc) is 2.42. The number of rotatable bonds is 4. The van der Waals surface area contributed by atoms with Crippen molar-refractivity contribution in [2.45, 2.75) is 20.3 Å². The van der Waals surface area contributed by atoms with Crippen molar-refractivity contribution in [1.82, 2.24) is 9.97 Å². The minimum Gasteiger partial charge on any atom is -0.493 e. The topological polar surface area (TPSA) is 84.8 Å². The van der Waals surface area contributed by atoms with Crippen molar-refractivity contribution in [3.8, 4) is 11.8 Å². The Balaban J connectivity index is 2.00. The Morgan fingerprint density at radius 1 is 1.30 bits per heavy atom. The van der Waals surface area contributed by atoms with Gasteiger partial charge in [-0.2, -0.15) is 5.26 Å². The summed E-state index contributed by atoms with van der Waals surface area (Å²) in [5, 5.41) is 8.76. The summed E-state index contributed by atoms with van der Waals surface area (Å²) in [6.07, 6.45) is 1.99. The lowest BCUT2D eigenvalue weighted by atomic mass is 10.1. The third kappa shape index (κ3) is 3.04. The molecular weight excluding hydrogens is 252 g/mol. The van der Waals surface area contributed by atoms with Crippen LogP contribution in [0.15, 0.2) is 24.4 Å². The molecule has 5 nitrogen and oxygen atoms in total. The Labute approximate surface area is 118 Å². The van der Waals surface area contributed by atoms with Crippen LogP contribution >= 0.6 is 0 Å². The summed E-state index contributed by atoms with van der Waals surface area (Å²) in [4.78, 5) is 8.18. The number of para-hydroxylation sites is 1. The standard InChI is InChI=1S/C15H16N4O/c1-10-4-3-5-11(2)14(10)20-7-6-13-18-9-12(8-16)15(17)19-13/h3-5,9H,6-7H2,1-2H3,(H2,17,18,19). The average molecular weight is 268 g/mol. The Morgan fingerprint density at radius 3 is 2.60 bits per heavy atom. The highest BCUT2D eigenvalue weighted by molar-refractivity contribution is 5.46. The van der Waals surface area contributed by atoms with E-state index in [1.165, 1.54) is 6.20 Å². The summed E-state index contributed by atoms with van der Waals surface area (Å²) in [5.41, 5.74) is 8.15. The molecule has 20 heavy (non-hydrogen) atoms. The van der Waals surface area contributed by atoms with E-state index in [9.17, 15) is 0 Å². The summed E-state index contributed by atoms with van der Waals surface area (Å²) in [7, 11) is 0. The van der Waals surface area contributed by atoms with Crippen LogP contribution in [0, 0.1) is 25.2 Å². The second-order valence-electron chi connectivity index (χ2n) is 4.52. The van der Waals surface area contributed by atoms with Crippen LogP contribution in [0.25, 0.3) is 0 Å². The van der Waals surface area contributed by atoms with Crippen LogP contribution in [0.1, 0.15) is 22.5 Å². The number of benzene rings is 1. The van der Waals surface area contributed by atoms with E-state index in [1.54, 1.807) is 0 Å². The van der Waals surface area contributed by atoms with E-state index in [-0.39, 0.29) is 5.82 Å². The Kier molecular flexibility index (Phi) is 4.16. The molecule has 1 heterocycles. The van der Waals surface area contributed by atoms with Crippen LogP contribution in [0.2, 0.25) is 0 Å². The van der Waals surface area contributed by atoms with Gasteiger partial charge in [0.15, 0.2) is 0 Å². The fraction of sp³-hybridized carbons (Fsp3) is 0.267. The van der Waals surface area contributed by atoms with E-state index in [0.717, 1.165) is 16.9 Å². The first kappa shape index (κ1) is 13.8. The Hall–Kier alpha value is -2.61. The molecule has 1 aromatic carbocycles. The lowest BCUT2D eigenvalue weighted by Crippen LogP contribution is -2.08. The zero-order valence-corrected chi connectivity index (χ0v) is 11.6. The number of hydrogen-bond donors (Lipinski definition) is 1. The van der Waals surface area contributed by atoms with Crippen molar-refractivity contribution in [2.75, 3.05) is 12.3 Å². The monoisotopic (exact) mass is 268 g/mol. The highest BCUT2D eigenvalue weighted by Gasteiger charge is 2.06. The normalized spacial score (nSPS) is 10.1. The van der Waals surface area contributed by atoms with Crippen LogP contribution in [-0.2, 0) is 6.42 Å². The predicted octanol–water partition coefficient (Wildman–Crippen LogP) is 2.17. The molecule has 2 N–H and O–H groups in total. The van der Waals surface area contributed by atoms with Crippen LogP contribution in [0.4, 0.5) is 5.82 Å². The van der Waals surface area contributed by atoms with E-state index < -0.39 is 0 Å². The van der Waals surface area contributed by atoms with Gasteiger partial charge in [-0.25, -0.2) is 9.97 Å². The number of aromatic nitrogens is 2. The molecule has 0 aliphatic heterocycles. The molecule has 0 unspecified atom stereocenters. The largest absolute Gasteiger partial charge is 0.493 e. The molecule has 0 aliphatic rings. The van der Waals surface area contributed by atoms with Crippen molar-refractivity contribution >= 4 is 5.82 Å². The molecule has 0 aliphatic carbocycles. The predicted molar refractivity (Wildman–Crippen MR) is 76.3 cm³/mol. The number of hydrogen-bond acceptors (Lipinski definition) is 5. The van der Waals surface area contributed by atoms with Gasteiger partial charge in [0, 0.05) is 6.42 Å². The maximum atomic E-state index is 8.76. The quantitative estimate of drug-likeness (QED) is 0.918. The summed E-state index contributed by atoms with van der Waals surface area (Å²) in [5.74, 6) is 1.69. The summed E-state index contributed by atoms with van der Waals surface area (Å²) >= 11 is 0. The molecule has 5 heteroatoms. The number of nitrogen functional groups attached to an aromatic ring is 1. The van der Waals surface area contributed by atoms with Crippen LogP contribution in [0.5, 0.6) is 5.75 Å². The third-order valence-corrected chi connectivity index (χ3v) is 2.97. The van der Waals surface area contributed by atoms with Gasteiger partial charge in [-0.1, -0.05) is 18.2 Å². The molecule has 0 fully saturated rings. The van der Waals surface area contributed by atoms with E-state index in [2.05, 4.69) is 9.97 Å². The highest BCUT2D eigenvalue weighted by atomic mass is 16.5. The molecule has 2 aromatic rings. The molecule has 0 saturated carbocycles. The van der Waals surface area contributed by atoms with Gasteiger partial charge in [-0.15, -0.1) is 0 Å². The number of aryl methyl sites for hydroxylation is 2. The zero-order valence-electron chi connectivity index (χ0n) is 11.6. The van der Waals surface area contributed by atoms with Gasteiger partial charge in [0.2, 0.25) is 0 Å². The zero-order chi connectivity index (χ0) is 14.5. The maximum Gasteiger partial charge on any atom is 0.145 e. The van der Waals surface area contributed by atoms with Gasteiger partial charge in [-0.3, -0.25) is 0 Å². The van der Waals surface area contributed by atoms with E-state index in [1.807, 2.05) is 38.1 Å². The van der Waals surface area contributed by atoms with Gasteiger partial charge in [0.25, 0.3) is 0 Å². The van der Waals surface area contributed by atoms with Crippen molar-refractivity contribution < 1.29 is 4.74 Å². The van der Waals surface area contributed by atoms with Crippen LogP contribution in [0.3, 0.4) is 0 Å². The van der Waals surface area contributed by atoms with E-state index in [0.29, 0.717) is 24.4 Å². The summed E-state index contributed by atoms with van der Waals surface area (Å²) in [6, 6.07) is 7.96. The summed E-state index contributed by atoms with van der Waals surface area (Å²) < 4.78 is 5.78. The van der Waals surface area contributed by atoms with Crippen LogP contribution < -0.4 is 10.5 Å². The van der Waals surface area contributed by atoms with Gasteiger partial charge in [0.1, 0.15) is 29.0 Å². The smallest absolute Gasteiger partial charge is 0.145 e. The SMILES string of the molecule is Cc1cccc(C)c1OCCc1ncc(C#N)c(N)n1. The molecule has 0 atom stereocenters.